The largest absolute Gasteiger partial charge is 0.490 e. The minimum absolute atomic E-state index is 0.0414. The fourth-order valence-electron chi connectivity index (χ4n) is 4.40. The summed E-state index contributed by atoms with van der Waals surface area (Å²) in [6.45, 7) is 6.21. The van der Waals surface area contributed by atoms with Crippen LogP contribution < -0.4 is 15.8 Å². The molecule has 2 aliphatic heterocycles. The molecule has 1 fully saturated rings. The Balaban J connectivity index is 1.68. The third-order valence-corrected chi connectivity index (χ3v) is 6.35. The van der Waals surface area contributed by atoms with Crippen LogP contribution in [0.1, 0.15) is 45.6 Å². The van der Waals surface area contributed by atoms with E-state index in [1.54, 1.807) is 0 Å². The second-order valence-electron chi connectivity index (χ2n) is 8.80. The van der Waals surface area contributed by atoms with Gasteiger partial charge >= 0.3 is 0 Å². The quantitative estimate of drug-likeness (QED) is 0.709. The molecule has 146 valence electrons. The lowest BCUT2D eigenvalue weighted by Gasteiger charge is -2.48. The van der Waals surface area contributed by atoms with Crippen LogP contribution in [0.15, 0.2) is 27.7 Å². The second-order valence-corrected chi connectivity index (χ2v) is 9.72. The summed E-state index contributed by atoms with van der Waals surface area (Å²) in [6.07, 6.45) is 2.59. The highest BCUT2D eigenvalue weighted by Crippen LogP contribution is 2.52. The van der Waals surface area contributed by atoms with Crippen LogP contribution in [0.25, 0.3) is 0 Å². The van der Waals surface area contributed by atoms with E-state index in [1.807, 2.05) is 39.0 Å². The molecule has 4 atom stereocenters. The van der Waals surface area contributed by atoms with Crippen LogP contribution in [-0.4, -0.2) is 30.7 Å². The molecule has 0 aromatic heterocycles. The molecule has 0 radical (unpaired) electrons. The van der Waals surface area contributed by atoms with Gasteiger partial charge in [-0.15, -0.1) is 0 Å². The average Bonchev–Trinajstić information content (AvgIpc) is 2.98. The Hall–Kier alpha value is -1.76. The number of carbonyl (C=O) groups is 1. The van der Waals surface area contributed by atoms with Gasteiger partial charge in [-0.3, -0.25) is 4.79 Å². The average molecular weight is 436 g/mol. The number of aliphatic imine (C=N–C) groups is 1. The molecule has 0 bridgehead atoms. The highest BCUT2D eigenvalue weighted by molar-refractivity contribution is 9.10. The van der Waals surface area contributed by atoms with E-state index in [4.69, 9.17) is 20.2 Å². The van der Waals surface area contributed by atoms with Crippen LogP contribution in [0.2, 0.25) is 0 Å². The van der Waals surface area contributed by atoms with Crippen molar-refractivity contribution in [3.05, 3.63) is 28.2 Å². The molecule has 4 rings (SSSR count). The highest BCUT2D eigenvalue weighted by Gasteiger charge is 2.55. The minimum Gasteiger partial charge on any atom is -0.490 e. The molecule has 1 aliphatic carbocycles. The maximum absolute atomic E-state index is 12.5. The first-order chi connectivity index (χ1) is 12.7. The predicted molar refractivity (Wildman–Crippen MR) is 107 cm³/mol. The standard InChI is InChI=1S/C20H26BrN3O3/c1-19(2,3)17(25)23-12-5-7-16-14(9-12)20(10-26-18(22)24-20)13-8-11(21)4-6-15(13)27-16/h4,6,8,12,14,16H,5,7,9-10H2,1-3H3,(H2,22,24)(H,23,25). The molecular formula is C20H26BrN3O3. The van der Waals surface area contributed by atoms with Crippen molar-refractivity contribution < 1.29 is 14.3 Å². The molecule has 2 heterocycles. The predicted octanol–water partition coefficient (Wildman–Crippen LogP) is 3.08. The van der Waals surface area contributed by atoms with Crippen molar-refractivity contribution in [2.45, 2.75) is 57.7 Å². The van der Waals surface area contributed by atoms with E-state index in [9.17, 15) is 4.79 Å². The van der Waals surface area contributed by atoms with E-state index in [0.29, 0.717) is 6.61 Å². The molecule has 4 unspecified atom stereocenters. The van der Waals surface area contributed by atoms with E-state index in [-0.39, 0.29) is 30.0 Å². The number of ether oxygens (including phenoxy) is 2. The lowest BCUT2D eigenvalue weighted by atomic mass is 9.67. The molecule has 3 N–H and O–H groups in total. The van der Waals surface area contributed by atoms with Gasteiger partial charge in [0.2, 0.25) is 5.91 Å². The third kappa shape index (κ3) is 3.20. The van der Waals surface area contributed by atoms with Crippen molar-refractivity contribution in [3.63, 3.8) is 0 Å². The molecule has 7 heteroatoms. The van der Waals surface area contributed by atoms with Gasteiger partial charge in [-0.25, -0.2) is 4.99 Å². The molecular weight excluding hydrogens is 410 g/mol. The van der Waals surface area contributed by atoms with Crippen molar-refractivity contribution in [1.29, 1.82) is 0 Å². The zero-order valence-corrected chi connectivity index (χ0v) is 17.5. The SMILES string of the molecule is CC(C)(C)C(=O)NC1CCC2Oc3ccc(Br)cc3C3(COC(N)=N3)C2C1. The Bertz CT molecular complexity index is 804. The Morgan fingerprint density at radius 1 is 1.37 bits per heavy atom. The van der Waals surface area contributed by atoms with E-state index < -0.39 is 11.0 Å². The van der Waals surface area contributed by atoms with Crippen LogP contribution in [0.4, 0.5) is 0 Å². The summed E-state index contributed by atoms with van der Waals surface area (Å²) in [6, 6.07) is 6.33. The number of hydrogen-bond acceptors (Lipinski definition) is 5. The zero-order chi connectivity index (χ0) is 19.4. The summed E-state index contributed by atoms with van der Waals surface area (Å²) in [4.78, 5) is 17.2. The highest BCUT2D eigenvalue weighted by atomic mass is 79.9. The van der Waals surface area contributed by atoms with Gasteiger partial charge in [0, 0.05) is 27.4 Å². The number of rotatable bonds is 1. The summed E-state index contributed by atoms with van der Waals surface area (Å²) >= 11 is 3.56. The second kappa shape index (κ2) is 6.40. The van der Waals surface area contributed by atoms with Crippen molar-refractivity contribution in [1.82, 2.24) is 5.32 Å². The smallest absolute Gasteiger partial charge is 0.283 e. The molecule has 1 amide bonds. The summed E-state index contributed by atoms with van der Waals surface area (Å²) < 4.78 is 12.9. The van der Waals surface area contributed by atoms with Crippen molar-refractivity contribution in [3.8, 4) is 5.75 Å². The number of nitrogens with two attached hydrogens (primary N) is 1. The Labute approximate surface area is 168 Å². The third-order valence-electron chi connectivity index (χ3n) is 5.85. The van der Waals surface area contributed by atoms with E-state index in [1.165, 1.54) is 0 Å². The van der Waals surface area contributed by atoms with Gasteiger partial charge in [0.05, 0.1) is 0 Å². The van der Waals surface area contributed by atoms with Gasteiger partial charge in [-0.1, -0.05) is 36.7 Å². The van der Waals surface area contributed by atoms with Crippen LogP contribution >= 0.6 is 15.9 Å². The van der Waals surface area contributed by atoms with Crippen LogP contribution in [0.5, 0.6) is 5.75 Å². The van der Waals surface area contributed by atoms with Crippen LogP contribution in [0, 0.1) is 11.3 Å². The van der Waals surface area contributed by atoms with Gasteiger partial charge in [0.15, 0.2) is 0 Å². The molecule has 6 nitrogen and oxygen atoms in total. The normalized spacial score (nSPS) is 32.0. The Morgan fingerprint density at radius 2 is 2.15 bits per heavy atom. The first-order valence-electron chi connectivity index (χ1n) is 9.45. The molecule has 1 aromatic rings. The lowest BCUT2D eigenvalue weighted by molar-refractivity contribution is -0.130. The monoisotopic (exact) mass is 435 g/mol. The number of hydrogen-bond donors (Lipinski definition) is 2. The number of nitrogens with zero attached hydrogens (tertiary/aromatic N) is 1. The van der Waals surface area contributed by atoms with E-state index in [2.05, 4.69) is 21.2 Å². The maximum Gasteiger partial charge on any atom is 0.283 e. The van der Waals surface area contributed by atoms with Crippen molar-refractivity contribution >= 4 is 27.9 Å². The topological polar surface area (TPSA) is 85.9 Å². The Kier molecular flexibility index (Phi) is 4.41. The number of nitrogens with one attached hydrogen (secondary N) is 1. The maximum atomic E-state index is 12.5. The summed E-state index contributed by atoms with van der Waals surface area (Å²) in [5.41, 5.74) is 5.97. The number of amides is 1. The van der Waals surface area contributed by atoms with Gasteiger partial charge in [-0.2, -0.15) is 0 Å². The first kappa shape index (κ1) is 18.6. The van der Waals surface area contributed by atoms with E-state index in [0.717, 1.165) is 35.0 Å². The fraction of sp³-hybridized carbons (Fsp3) is 0.600. The Morgan fingerprint density at radius 3 is 2.81 bits per heavy atom. The number of benzene rings is 1. The number of fused-ring (bicyclic) bond motifs is 4. The molecule has 1 aromatic carbocycles. The van der Waals surface area contributed by atoms with Crippen molar-refractivity contribution in [2.24, 2.45) is 22.1 Å². The molecule has 27 heavy (non-hydrogen) atoms. The number of halogens is 1. The van der Waals surface area contributed by atoms with Gasteiger partial charge in [-0.05, 0) is 37.5 Å². The fourth-order valence-corrected chi connectivity index (χ4v) is 4.76. The lowest BCUT2D eigenvalue weighted by Crippen LogP contribution is -2.55. The molecule has 0 saturated heterocycles. The molecule has 3 aliphatic rings. The van der Waals surface area contributed by atoms with Gasteiger partial charge < -0.3 is 20.5 Å². The number of amidine groups is 1. The van der Waals surface area contributed by atoms with Crippen LogP contribution in [0.3, 0.4) is 0 Å². The van der Waals surface area contributed by atoms with Gasteiger partial charge in [0.25, 0.3) is 6.02 Å². The number of carbonyl (C=O) groups excluding carboxylic acids is 1. The summed E-state index contributed by atoms with van der Waals surface area (Å²) in [5.74, 6) is 1.02. The van der Waals surface area contributed by atoms with Crippen molar-refractivity contribution in [2.75, 3.05) is 6.61 Å². The zero-order valence-electron chi connectivity index (χ0n) is 15.9. The van der Waals surface area contributed by atoms with Gasteiger partial charge in [0.1, 0.15) is 24.0 Å². The molecule has 1 saturated carbocycles. The van der Waals surface area contributed by atoms with E-state index >= 15 is 0 Å². The first-order valence-corrected chi connectivity index (χ1v) is 10.2. The molecule has 1 spiro atoms. The summed E-state index contributed by atoms with van der Waals surface area (Å²) in [7, 11) is 0. The summed E-state index contributed by atoms with van der Waals surface area (Å²) in [5, 5.41) is 3.22. The van der Waals surface area contributed by atoms with Crippen LogP contribution in [-0.2, 0) is 15.1 Å². The minimum atomic E-state index is -0.558.